The van der Waals surface area contributed by atoms with Gasteiger partial charge in [-0.15, -0.1) is 12.4 Å². The highest BCUT2D eigenvalue weighted by Gasteiger charge is 2.29. The standard InChI is InChI=1S/C16H32N4O2.ClH/c1-5-13(4)15(17)16(22)20-10-8-19(9-11-20)14(21)12-18(6-2)7-3;/h13,15H,5-12,17H2,1-4H3;1H. The maximum Gasteiger partial charge on any atom is 0.239 e. The number of rotatable bonds is 7. The van der Waals surface area contributed by atoms with Gasteiger partial charge in [0.05, 0.1) is 12.6 Å². The van der Waals surface area contributed by atoms with Crippen LogP contribution in [0.15, 0.2) is 0 Å². The second-order valence-corrected chi connectivity index (χ2v) is 6.08. The minimum Gasteiger partial charge on any atom is -0.338 e. The summed E-state index contributed by atoms with van der Waals surface area (Å²) < 4.78 is 0. The minimum absolute atomic E-state index is 0. The molecule has 7 heteroatoms. The molecular weight excluding hydrogens is 316 g/mol. The summed E-state index contributed by atoms with van der Waals surface area (Å²) in [4.78, 5) is 30.4. The lowest BCUT2D eigenvalue weighted by molar-refractivity contribution is -0.141. The number of hydrogen-bond donors (Lipinski definition) is 1. The van der Waals surface area contributed by atoms with Gasteiger partial charge < -0.3 is 15.5 Å². The summed E-state index contributed by atoms with van der Waals surface area (Å²) in [6.45, 7) is 12.8. The number of halogens is 1. The van der Waals surface area contributed by atoms with Gasteiger partial charge in [-0.2, -0.15) is 0 Å². The molecule has 23 heavy (non-hydrogen) atoms. The Hall–Kier alpha value is -0.850. The zero-order valence-electron chi connectivity index (χ0n) is 15.0. The van der Waals surface area contributed by atoms with Crippen molar-refractivity contribution >= 4 is 24.2 Å². The molecule has 1 aliphatic rings. The second kappa shape index (κ2) is 10.8. The minimum atomic E-state index is -0.428. The quantitative estimate of drug-likeness (QED) is 0.738. The van der Waals surface area contributed by atoms with Gasteiger partial charge in [-0.05, 0) is 19.0 Å². The van der Waals surface area contributed by atoms with Gasteiger partial charge in [-0.1, -0.05) is 34.1 Å². The van der Waals surface area contributed by atoms with Crippen LogP contribution in [-0.2, 0) is 9.59 Å². The summed E-state index contributed by atoms with van der Waals surface area (Å²) >= 11 is 0. The topological polar surface area (TPSA) is 69.9 Å². The van der Waals surface area contributed by atoms with E-state index >= 15 is 0 Å². The Bertz CT molecular complexity index is 369. The average molecular weight is 349 g/mol. The molecule has 0 spiro atoms. The van der Waals surface area contributed by atoms with E-state index in [1.54, 1.807) is 4.90 Å². The van der Waals surface area contributed by atoms with Crippen molar-refractivity contribution in [3.8, 4) is 0 Å². The van der Waals surface area contributed by atoms with Crippen molar-refractivity contribution < 1.29 is 9.59 Å². The Morgan fingerprint density at radius 1 is 1.04 bits per heavy atom. The third-order valence-electron chi connectivity index (χ3n) is 4.74. The van der Waals surface area contributed by atoms with Gasteiger partial charge in [0.2, 0.25) is 11.8 Å². The largest absolute Gasteiger partial charge is 0.338 e. The van der Waals surface area contributed by atoms with Crippen LogP contribution < -0.4 is 5.73 Å². The van der Waals surface area contributed by atoms with Gasteiger partial charge >= 0.3 is 0 Å². The smallest absolute Gasteiger partial charge is 0.239 e. The lowest BCUT2D eigenvalue weighted by atomic mass is 9.98. The first-order valence-electron chi connectivity index (χ1n) is 8.48. The van der Waals surface area contributed by atoms with E-state index in [1.807, 2.05) is 18.7 Å². The number of nitrogens with two attached hydrogens (primary N) is 1. The fraction of sp³-hybridized carbons (Fsp3) is 0.875. The molecule has 1 rings (SSSR count). The Morgan fingerprint density at radius 2 is 1.52 bits per heavy atom. The summed E-state index contributed by atoms with van der Waals surface area (Å²) in [5.74, 6) is 0.363. The molecule has 2 atom stereocenters. The van der Waals surface area contributed by atoms with Gasteiger partial charge in [0, 0.05) is 26.2 Å². The number of amides is 2. The van der Waals surface area contributed by atoms with Crippen molar-refractivity contribution in [3.63, 3.8) is 0 Å². The zero-order valence-corrected chi connectivity index (χ0v) is 15.8. The first kappa shape index (κ1) is 22.1. The van der Waals surface area contributed by atoms with Crippen LogP contribution in [0.1, 0.15) is 34.1 Å². The lowest BCUT2D eigenvalue weighted by Gasteiger charge is -2.37. The first-order valence-corrected chi connectivity index (χ1v) is 8.48. The lowest BCUT2D eigenvalue weighted by Crippen LogP contribution is -2.56. The SMILES string of the molecule is CCC(C)C(N)C(=O)N1CCN(C(=O)CN(CC)CC)CC1.Cl. The number of nitrogens with zero attached hydrogens (tertiary/aromatic N) is 3. The highest BCUT2D eigenvalue weighted by molar-refractivity contribution is 5.85. The molecule has 0 saturated carbocycles. The van der Waals surface area contributed by atoms with Gasteiger partial charge in [0.1, 0.15) is 0 Å². The van der Waals surface area contributed by atoms with Crippen molar-refractivity contribution in [1.82, 2.24) is 14.7 Å². The van der Waals surface area contributed by atoms with Crippen LogP contribution in [-0.4, -0.2) is 78.4 Å². The van der Waals surface area contributed by atoms with Crippen LogP contribution in [0, 0.1) is 5.92 Å². The molecule has 1 aliphatic heterocycles. The fourth-order valence-electron chi connectivity index (χ4n) is 2.62. The van der Waals surface area contributed by atoms with Crippen LogP contribution >= 0.6 is 12.4 Å². The molecule has 1 heterocycles. The van der Waals surface area contributed by atoms with Gasteiger partial charge in [0.15, 0.2) is 0 Å². The molecule has 1 fully saturated rings. The summed E-state index contributed by atoms with van der Waals surface area (Å²) in [5.41, 5.74) is 6.02. The van der Waals surface area contributed by atoms with Crippen LogP contribution in [0.2, 0.25) is 0 Å². The zero-order chi connectivity index (χ0) is 16.7. The monoisotopic (exact) mass is 348 g/mol. The number of likely N-dealkylation sites (N-methyl/N-ethyl adjacent to an activating group) is 1. The van der Waals surface area contributed by atoms with E-state index in [2.05, 4.69) is 18.7 Å². The maximum atomic E-state index is 12.3. The molecule has 0 aromatic rings. The molecule has 0 bridgehead atoms. The highest BCUT2D eigenvalue weighted by atomic mass is 35.5. The Morgan fingerprint density at radius 3 is 1.96 bits per heavy atom. The summed E-state index contributed by atoms with van der Waals surface area (Å²) in [7, 11) is 0. The van der Waals surface area contributed by atoms with Crippen molar-refractivity contribution in [3.05, 3.63) is 0 Å². The molecule has 0 aromatic heterocycles. The predicted octanol–water partition coefficient (Wildman–Crippen LogP) is 0.794. The number of piperazine rings is 1. The number of hydrogen-bond acceptors (Lipinski definition) is 4. The Kier molecular flexibility index (Phi) is 10.4. The molecular formula is C16H33ClN4O2. The van der Waals surface area contributed by atoms with Crippen LogP contribution in [0.25, 0.3) is 0 Å². The number of carbonyl (C=O) groups excluding carboxylic acids is 2. The molecule has 0 aliphatic carbocycles. The Labute approximate surface area is 146 Å². The van der Waals surface area contributed by atoms with Crippen molar-refractivity contribution in [1.29, 1.82) is 0 Å². The van der Waals surface area contributed by atoms with Crippen molar-refractivity contribution in [2.45, 2.75) is 40.2 Å². The predicted molar refractivity (Wildman–Crippen MR) is 95.6 cm³/mol. The summed E-state index contributed by atoms with van der Waals surface area (Å²) in [6.07, 6.45) is 0.898. The van der Waals surface area contributed by atoms with Gasteiger partial charge in [-0.3, -0.25) is 14.5 Å². The third kappa shape index (κ3) is 6.28. The normalized spacial score (nSPS) is 17.7. The number of carbonyl (C=O) groups is 2. The van der Waals surface area contributed by atoms with E-state index in [-0.39, 0.29) is 30.1 Å². The van der Waals surface area contributed by atoms with Gasteiger partial charge in [-0.25, -0.2) is 0 Å². The third-order valence-corrected chi connectivity index (χ3v) is 4.74. The van der Waals surface area contributed by atoms with Crippen LogP contribution in [0.5, 0.6) is 0 Å². The van der Waals surface area contributed by atoms with E-state index in [0.29, 0.717) is 32.7 Å². The molecule has 0 aromatic carbocycles. The second-order valence-electron chi connectivity index (χ2n) is 6.08. The first-order chi connectivity index (χ1) is 10.4. The molecule has 1 saturated heterocycles. The van der Waals surface area contributed by atoms with Gasteiger partial charge in [0.25, 0.3) is 0 Å². The van der Waals surface area contributed by atoms with Crippen molar-refractivity contribution in [2.75, 3.05) is 45.8 Å². The van der Waals surface area contributed by atoms with E-state index in [1.165, 1.54) is 0 Å². The highest BCUT2D eigenvalue weighted by Crippen LogP contribution is 2.11. The molecule has 136 valence electrons. The molecule has 2 N–H and O–H groups in total. The van der Waals surface area contributed by atoms with Crippen molar-refractivity contribution in [2.24, 2.45) is 11.7 Å². The Balaban J connectivity index is 0.00000484. The molecule has 0 radical (unpaired) electrons. The molecule has 2 amide bonds. The summed E-state index contributed by atoms with van der Waals surface area (Å²) in [5, 5.41) is 0. The maximum absolute atomic E-state index is 12.3. The van der Waals surface area contributed by atoms with E-state index in [9.17, 15) is 9.59 Å². The van der Waals surface area contributed by atoms with E-state index in [0.717, 1.165) is 19.5 Å². The fourth-order valence-corrected chi connectivity index (χ4v) is 2.62. The van der Waals surface area contributed by atoms with E-state index < -0.39 is 6.04 Å². The van der Waals surface area contributed by atoms with Crippen LogP contribution in [0.3, 0.4) is 0 Å². The summed E-state index contributed by atoms with van der Waals surface area (Å²) in [6, 6.07) is -0.428. The molecule has 2 unspecified atom stereocenters. The van der Waals surface area contributed by atoms with E-state index in [4.69, 9.17) is 5.73 Å². The average Bonchev–Trinajstić information content (AvgIpc) is 2.57. The molecule has 6 nitrogen and oxygen atoms in total. The van der Waals surface area contributed by atoms with Crippen LogP contribution in [0.4, 0.5) is 0 Å².